The Balaban J connectivity index is 2.86. The fraction of sp³-hybridized carbons (Fsp3) is 0.467. The highest BCUT2D eigenvalue weighted by molar-refractivity contribution is 5.98. The first-order valence-electron chi connectivity index (χ1n) is 6.11. The summed E-state index contributed by atoms with van der Waals surface area (Å²) in [5.41, 5.74) is 1.95. The molecule has 0 aliphatic heterocycles. The average Bonchev–Trinajstić information content (AvgIpc) is 2.35. The van der Waals surface area contributed by atoms with E-state index in [2.05, 4.69) is 19.9 Å². The number of nitrogens with zero attached hydrogens (tertiary/aromatic N) is 1. The lowest BCUT2D eigenvalue weighted by Gasteiger charge is -2.11. The third-order valence-corrected chi connectivity index (χ3v) is 3.06. The van der Waals surface area contributed by atoms with Gasteiger partial charge in [0, 0.05) is 17.9 Å². The quantitative estimate of drug-likeness (QED) is 0.718. The Morgan fingerprint density at radius 3 is 2.29 bits per heavy atom. The topological polar surface area (TPSA) is 40.9 Å². The summed E-state index contributed by atoms with van der Waals surface area (Å²) in [6.07, 6.45) is 1.03. The summed E-state index contributed by atoms with van der Waals surface area (Å²) < 4.78 is 0. The second-order valence-electron chi connectivity index (χ2n) is 4.61. The Bertz CT molecular complexity index is 412. The summed E-state index contributed by atoms with van der Waals surface area (Å²) >= 11 is 0. The van der Waals surface area contributed by atoms with Crippen molar-refractivity contribution < 1.29 is 4.79 Å². The van der Waals surface area contributed by atoms with E-state index in [1.54, 1.807) is 0 Å². The molecule has 0 saturated heterocycles. The fourth-order valence-electron chi connectivity index (χ4n) is 1.80. The number of nitriles is 1. The lowest BCUT2D eigenvalue weighted by Crippen LogP contribution is -2.13. The third kappa shape index (κ3) is 3.42. The van der Waals surface area contributed by atoms with Gasteiger partial charge in [0.05, 0.1) is 6.07 Å². The van der Waals surface area contributed by atoms with Crippen LogP contribution in [0.4, 0.5) is 0 Å². The molecule has 0 aliphatic rings. The van der Waals surface area contributed by atoms with Gasteiger partial charge in [-0.1, -0.05) is 45.0 Å². The molecule has 0 bridgehead atoms. The van der Waals surface area contributed by atoms with Crippen molar-refractivity contribution in [2.45, 2.75) is 39.5 Å². The van der Waals surface area contributed by atoms with E-state index < -0.39 is 0 Å². The number of hydrogen-bond acceptors (Lipinski definition) is 2. The Morgan fingerprint density at radius 2 is 1.88 bits per heavy atom. The molecule has 0 spiro atoms. The lowest BCUT2D eigenvalue weighted by molar-refractivity contribution is 0.0918. The highest BCUT2D eigenvalue weighted by atomic mass is 16.1. The molecule has 1 aromatic rings. The number of hydrogen-bond donors (Lipinski definition) is 0. The Labute approximate surface area is 103 Å². The molecule has 0 aromatic heterocycles. The van der Waals surface area contributed by atoms with Crippen molar-refractivity contribution in [3.05, 3.63) is 35.4 Å². The van der Waals surface area contributed by atoms with Crippen LogP contribution in [0.15, 0.2) is 24.3 Å². The van der Waals surface area contributed by atoms with Gasteiger partial charge in [0.1, 0.15) is 0 Å². The first kappa shape index (κ1) is 13.4. The molecule has 17 heavy (non-hydrogen) atoms. The van der Waals surface area contributed by atoms with Crippen LogP contribution in [0.2, 0.25) is 0 Å². The number of Topliss-reactive ketones (excluding diaryl/α,β-unsaturated/α-hetero) is 1. The SMILES string of the molecule is CCC(CC#N)C(=O)c1ccc(C(C)C)cc1. The van der Waals surface area contributed by atoms with Gasteiger partial charge in [-0.25, -0.2) is 0 Å². The van der Waals surface area contributed by atoms with E-state index in [1.165, 1.54) is 5.56 Å². The smallest absolute Gasteiger partial charge is 0.166 e. The highest BCUT2D eigenvalue weighted by Gasteiger charge is 2.17. The summed E-state index contributed by atoms with van der Waals surface area (Å²) in [4.78, 5) is 12.1. The first-order valence-corrected chi connectivity index (χ1v) is 6.11. The molecule has 1 unspecified atom stereocenters. The maximum atomic E-state index is 12.1. The molecule has 2 nitrogen and oxygen atoms in total. The number of ketones is 1. The fourth-order valence-corrected chi connectivity index (χ4v) is 1.80. The molecule has 1 atom stereocenters. The van der Waals surface area contributed by atoms with Gasteiger partial charge in [0.15, 0.2) is 5.78 Å². The van der Waals surface area contributed by atoms with Crippen molar-refractivity contribution >= 4 is 5.78 Å². The van der Waals surface area contributed by atoms with Gasteiger partial charge in [0.25, 0.3) is 0 Å². The molecule has 0 saturated carbocycles. The van der Waals surface area contributed by atoms with Crippen LogP contribution in [-0.4, -0.2) is 5.78 Å². The summed E-state index contributed by atoms with van der Waals surface area (Å²) in [6, 6.07) is 9.82. The molecule has 1 aromatic carbocycles. The van der Waals surface area contributed by atoms with Crippen LogP contribution < -0.4 is 0 Å². The van der Waals surface area contributed by atoms with E-state index in [9.17, 15) is 4.79 Å². The van der Waals surface area contributed by atoms with Crippen molar-refractivity contribution in [3.8, 4) is 6.07 Å². The van der Waals surface area contributed by atoms with E-state index in [1.807, 2.05) is 31.2 Å². The van der Waals surface area contributed by atoms with Crippen LogP contribution in [0.5, 0.6) is 0 Å². The summed E-state index contributed by atoms with van der Waals surface area (Å²) in [6.45, 7) is 6.20. The zero-order valence-corrected chi connectivity index (χ0v) is 10.7. The number of carbonyl (C=O) groups is 1. The molecular formula is C15H19NO. The van der Waals surface area contributed by atoms with Gasteiger partial charge in [-0.2, -0.15) is 5.26 Å². The second kappa shape index (κ2) is 6.20. The van der Waals surface area contributed by atoms with E-state index in [4.69, 9.17) is 5.26 Å². The second-order valence-corrected chi connectivity index (χ2v) is 4.61. The van der Waals surface area contributed by atoms with Crippen LogP contribution in [0.3, 0.4) is 0 Å². The average molecular weight is 229 g/mol. The van der Waals surface area contributed by atoms with Crippen molar-refractivity contribution in [3.63, 3.8) is 0 Å². The molecular weight excluding hydrogens is 210 g/mol. The van der Waals surface area contributed by atoms with Gasteiger partial charge in [-0.3, -0.25) is 4.79 Å². The van der Waals surface area contributed by atoms with E-state index in [0.29, 0.717) is 12.3 Å². The Kier molecular flexibility index (Phi) is 4.90. The van der Waals surface area contributed by atoms with Crippen molar-refractivity contribution in [2.24, 2.45) is 5.92 Å². The number of benzene rings is 1. The summed E-state index contributed by atoms with van der Waals surface area (Å²) in [5.74, 6) is 0.398. The molecule has 2 heteroatoms. The summed E-state index contributed by atoms with van der Waals surface area (Å²) in [7, 11) is 0. The van der Waals surface area contributed by atoms with Gasteiger partial charge >= 0.3 is 0 Å². The van der Waals surface area contributed by atoms with Crippen molar-refractivity contribution in [1.29, 1.82) is 5.26 Å². The predicted molar refractivity (Wildman–Crippen MR) is 68.9 cm³/mol. The Morgan fingerprint density at radius 1 is 1.29 bits per heavy atom. The van der Waals surface area contributed by atoms with Gasteiger partial charge in [-0.15, -0.1) is 0 Å². The predicted octanol–water partition coefficient (Wildman–Crippen LogP) is 3.93. The highest BCUT2D eigenvalue weighted by Crippen LogP contribution is 2.19. The van der Waals surface area contributed by atoms with E-state index in [0.717, 1.165) is 12.0 Å². The standard InChI is InChI=1S/C15H19NO/c1-4-12(9-10-16)15(17)14-7-5-13(6-8-14)11(2)3/h5-8,11-12H,4,9H2,1-3H3. The van der Waals surface area contributed by atoms with Crippen LogP contribution in [-0.2, 0) is 0 Å². The molecule has 0 fully saturated rings. The van der Waals surface area contributed by atoms with Crippen molar-refractivity contribution in [2.75, 3.05) is 0 Å². The molecule has 1 rings (SSSR count). The lowest BCUT2D eigenvalue weighted by atomic mass is 9.91. The molecule has 90 valence electrons. The minimum Gasteiger partial charge on any atom is -0.294 e. The molecule has 0 N–H and O–H groups in total. The largest absolute Gasteiger partial charge is 0.294 e. The Hall–Kier alpha value is -1.62. The van der Waals surface area contributed by atoms with Crippen LogP contribution in [0, 0.1) is 17.2 Å². The minimum atomic E-state index is -0.162. The maximum Gasteiger partial charge on any atom is 0.166 e. The van der Waals surface area contributed by atoms with Crippen LogP contribution in [0.1, 0.15) is 55.5 Å². The monoisotopic (exact) mass is 229 g/mol. The zero-order chi connectivity index (χ0) is 12.8. The molecule has 0 heterocycles. The number of carbonyl (C=O) groups excluding carboxylic acids is 1. The van der Waals surface area contributed by atoms with E-state index >= 15 is 0 Å². The third-order valence-electron chi connectivity index (χ3n) is 3.06. The number of rotatable bonds is 5. The minimum absolute atomic E-state index is 0.0874. The van der Waals surface area contributed by atoms with Gasteiger partial charge in [-0.05, 0) is 17.9 Å². The van der Waals surface area contributed by atoms with Crippen LogP contribution in [0.25, 0.3) is 0 Å². The van der Waals surface area contributed by atoms with Crippen molar-refractivity contribution in [1.82, 2.24) is 0 Å². The zero-order valence-electron chi connectivity index (χ0n) is 10.7. The van der Waals surface area contributed by atoms with Gasteiger partial charge < -0.3 is 0 Å². The maximum absolute atomic E-state index is 12.1. The van der Waals surface area contributed by atoms with Gasteiger partial charge in [0.2, 0.25) is 0 Å². The first-order chi connectivity index (χ1) is 8.10. The molecule has 0 amide bonds. The molecule has 0 aliphatic carbocycles. The molecule has 0 radical (unpaired) electrons. The van der Waals surface area contributed by atoms with E-state index in [-0.39, 0.29) is 11.7 Å². The van der Waals surface area contributed by atoms with Crippen LogP contribution >= 0.6 is 0 Å². The normalized spacial score (nSPS) is 12.2. The summed E-state index contributed by atoms with van der Waals surface area (Å²) in [5, 5.41) is 8.68.